The van der Waals surface area contributed by atoms with Crippen LogP contribution in [0.1, 0.15) is 0 Å². The first-order valence-electron chi connectivity index (χ1n) is 3.04. The molecule has 1 aliphatic heterocycles. The molecule has 0 atom stereocenters. The second-order valence-electron chi connectivity index (χ2n) is 2.06. The van der Waals surface area contributed by atoms with Gasteiger partial charge in [-0.3, -0.25) is 0 Å². The van der Waals surface area contributed by atoms with Crippen molar-refractivity contribution in [3.8, 4) is 0 Å². The summed E-state index contributed by atoms with van der Waals surface area (Å²) < 4.78 is 5.03. The van der Waals surface area contributed by atoms with Gasteiger partial charge in [0.25, 0.3) is 0 Å². The van der Waals surface area contributed by atoms with Crippen molar-refractivity contribution in [1.29, 1.82) is 0 Å². The summed E-state index contributed by atoms with van der Waals surface area (Å²) in [6, 6.07) is 8.13. The van der Waals surface area contributed by atoms with Crippen LogP contribution in [-0.4, -0.2) is 0 Å². The average Bonchev–Trinajstić information content (AvgIpc) is 2.05. The monoisotopic (exact) mass is 150 g/mol. The smallest absolute Gasteiger partial charge is 0.109 e. The third-order valence-electron chi connectivity index (χ3n) is 1.40. The molecule has 0 unspecified atom stereocenters. The second-order valence-corrected chi connectivity index (χ2v) is 2.68. The molecule has 0 aliphatic carbocycles. The maximum atomic E-state index is 5.03. The highest BCUT2D eigenvalue weighted by atomic mass is 32.2. The molecule has 0 amide bonds. The van der Waals surface area contributed by atoms with Crippen molar-refractivity contribution in [1.82, 2.24) is 0 Å². The Morgan fingerprint density at radius 3 is 2.70 bits per heavy atom. The lowest BCUT2D eigenvalue weighted by molar-refractivity contribution is 0.639. The summed E-state index contributed by atoms with van der Waals surface area (Å²) in [7, 11) is 0. The first-order valence-corrected chi connectivity index (χ1v) is 3.85. The summed E-state index contributed by atoms with van der Waals surface area (Å²) in [5.41, 5.74) is 0. The van der Waals surface area contributed by atoms with Crippen LogP contribution in [0.25, 0.3) is 11.7 Å². The molecule has 0 saturated heterocycles. The van der Waals surface area contributed by atoms with Gasteiger partial charge >= 0.3 is 0 Å². The fourth-order valence-corrected chi connectivity index (χ4v) is 1.42. The molecule has 2 rings (SSSR count). The zero-order valence-corrected chi connectivity index (χ0v) is 6.10. The van der Waals surface area contributed by atoms with E-state index < -0.39 is 0 Å². The molecule has 1 aromatic rings. The zero-order valence-electron chi connectivity index (χ0n) is 5.28. The van der Waals surface area contributed by atoms with Gasteiger partial charge < -0.3 is 4.18 Å². The summed E-state index contributed by atoms with van der Waals surface area (Å²) in [5.74, 6) is 0. The van der Waals surface area contributed by atoms with Gasteiger partial charge in [-0.05, 0) is 5.22 Å². The van der Waals surface area contributed by atoms with Crippen molar-refractivity contribution in [3.05, 3.63) is 34.7 Å². The van der Waals surface area contributed by atoms with E-state index in [2.05, 4.69) is 6.07 Å². The Kier molecular flexibility index (Phi) is 1.40. The Hall–Kier alpha value is -0.890. The van der Waals surface area contributed by atoms with E-state index >= 15 is 0 Å². The maximum absolute atomic E-state index is 5.03. The highest BCUT2D eigenvalue weighted by Crippen LogP contribution is 2.05. The highest BCUT2D eigenvalue weighted by Gasteiger charge is 1.90. The van der Waals surface area contributed by atoms with Crippen molar-refractivity contribution in [2.24, 2.45) is 0 Å². The molecule has 0 saturated carbocycles. The molecule has 1 nitrogen and oxygen atoms in total. The number of hydrogen-bond acceptors (Lipinski definition) is 2. The molecule has 1 aliphatic rings. The van der Waals surface area contributed by atoms with Gasteiger partial charge in [0.05, 0.1) is 12.0 Å². The van der Waals surface area contributed by atoms with Gasteiger partial charge in [-0.25, -0.2) is 0 Å². The molecule has 50 valence electrons. The molecule has 1 aromatic carbocycles. The predicted molar refractivity (Wildman–Crippen MR) is 43.3 cm³/mol. The van der Waals surface area contributed by atoms with Gasteiger partial charge in [0.15, 0.2) is 0 Å². The summed E-state index contributed by atoms with van der Waals surface area (Å²) in [6.45, 7) is 0. The molecule has 10 heavy (non-hydrogen) atoms. The topological polar surface area (TPSA) is 9.23 Å². The third-order valence-corrected chi connectivity index (χ3v) is 1.96. The fourth-order valence-electron chi connectivity index (χ4n) is 0.885. The molecule has 0 aromatic heterocycles. The predicted octanol–water partition coefficient (Wildman–Crippen LogP) is 0.841. The normalized spacial score (nSPS) is 14.0. The highest BCUT2D eigenvalue weighted by molar-refractivity contribution is 8.02. The van der Waals surface area contributed by atoms with E-state index in [-0.39, 0.29) is 0 Å². The van der Waals surface area contributed by atoms with Crippen molar-refractivity contribution < 1.29 is 4.18 Å². The Labute approximate surface area is 63.2 Å². The van der Waals surface area contributed by atoms with E-state index in [0.717, 1.165) is 5.22 Å². The molecule has 0 fully saturated rings. The van der Waals surface area contributed by atoms with Crippen LogP contribution in [0.4, 0.5) is 0 Å². The fraction of sp³-hybridized carbons (Fsp3) is 0. The summed E-state index contributed by atoms with van der Waals surface area (Å²) >= 11 is 1.36. The van der Waals surface area contributed by atoms with E-state index in [9.17, 15) is 0 Å². The molecule has 0 spiro atoms. The molecule has 1 heterocycles. The number of fused-ring (bicyclic) bond motifs is 1. The zero-order chi connectivity index (χ0) is 6.81. The van der Waals surface area contributed by atoms with Gasteiger partial charge in [0.1, 0.15) is 6.26 Å². The number of benzene rings is 1. The molecule has 2 heteroatoms. The van der Waals surface area contributed by atoms with Gasteiger partial charge in [0.2, 0.25) is 0 Å². The van der Waals surface area contributed by atoms with Crippen LogP contribution in [0, 0.1) is 0 Å². The van der Waals surface area contributed by atoms with Gasteiger partial charge in [0, 0.05) is 10.6 Å². The van der Waals surface area contributed by atoms with Crippen molar-refractivity contribution in [3.63, 3.8) is 0 Å². The summed E-state index contributed by atoms with van der Waals surface area (Å²) in [6.07, 6.45) is 1.76. The molecule has 0 bridgehead atoms. The molecule has 0 N–H and O–H groups in total. The van der Waals surface area contributed by atoms with Crippen LogP contribution in [0.3, 0.4) is 0 Å². The van der Waals surface area contributed by atoms with Crippen molar-refractivity contribution in [2.75, 3.05) is 0 Å². The summed E-state index contributed by atoms with van der Waals surface area (Å²) in [4.78, 5) is 0. The Morgan fingerprint density at radius 1 is 1.10 bits per heavy atom. The minimum Gasteiger partial charge on any atom is -0.428 e. The van der Waals surface area contributed by atoms with Crippen molar-refractivity contribution in [2.45, 2.75) is 0 Å². The Balaban J connectivity index is 2.84. The lowest BCUT2D eigenvalue weighted by atomic mass is 10.3. The van der Waals surface area contributed by atoms with Gasteiger partial charge in [-0.1, -0.05) is 24.3 Å². The van der Waals surface area contributed by atoms with Crippen LogP contribution in [-0.2, 0) is 4.18 Å². The minimum atomic E-state index is 1.15. The van der Waals surface area contributed by atoms with Crippen LogP contribution < -0.4 is 10.4 Å². The number of hydrogen-bond donors (Lipinski definition) is 0. The van der Waals surface area contributed by atoms with E-state index in [1.807, 2.05) is 23.6 Å². The van der Waals surface area contributed by atoms with Crippen LogP contribution in [0.15, 0.2) is 24.3 Å². The average molecular weight is 150 g/mol. The largest absolute Gasteiger partial charge is 0.428 e. The van der Waals surface area contributed by atoms with Crippen LogP contribution in [0.2, 0.25) is 0 Å². The van der Waals surface area contributed by atoms with Gasteiger partial charge in [-0.2, -0.15) is 0 Å². The Bertz CT molecular complexity index is 308. The summed E-state index contributed by atoms with van der Waals surface area (Å²) in [5, 5.41) is 4.38. The molecule has 0 radical (unpaired) electrons. The maximum Gasteiger partial charge on any atom is 0.109 e. The molecular formula is C8H6OS. The quantitative estimate of drug-likeness (QED) is 0.507. The first-order chi connectivity index (χ1) is 4.97. The van der Waals surface area contributed by atoms with Crippen LogP contribution in [0.5, 0.6) is 0 Å². The van der Waals surface area contributed by atoms with E-state index in [1.165, 1.54) is 17.3 Å². The van der Waals surface area contributed by atoms with E-state index in [0.29, 0.717) is 0 Å². The second kappa shape index (κ2) is 2.39. The number of rotatable bonds is 0. The Morgan fingerprint density at radius 2 is 1.90 bits per heavy atom. The van der Waals surface area contributed by atoms with E-state index in [1.54, 1.807) is 6.26 Å². The first kappa shape index (κ1) is 5.86. The SMILES string of the molecule is C1=c2ccccc2=CSO1. The third kappa shape index (κ3) is 0.907. The lowest BCUT2D eigenvalue weighted by Crippen LogP contribution is -2.24. The molecular weight excluding hydrogens is 144 g/mol. The van der Waals surface area contributed by atoms with Crippen molar-refractivity contribution >= 4 is 23.7 Å². The van der Waals surface area contributed by atoms with Gasteiger partial charge in [-0.15, -0.1) is 0 Å². The van der Waals surface area contributed by atoms with E-state index in [4.69, 9.17) is 4.18 Å². The lowest BCUT2D eigenvalue weighted by Gasteiger charge is -1.98. The standard InChI is InChI=1S/C8H6OS/c1-2-4-8-6-10-9-5-7(8)3-1/h1-6H. The minimum absolute atomic E-state index is 1.15. The van der Waals surface area contributed by atoms with Crippen LogP contribution >= 0.6 is 12.0 Å².